The number of aryl methyl sites for hydroxylation is 2. The monoisotopic (exact) mass is 464 g/mol. The lowest BCUT2D eigenvalue weighted by Crippen LogP contribution is -2.24. The number of nitrogens with zero attached hydrogens (tertiary/aromatic N) is 3. The Bertz CT molecular complexity index is 1560. The van der Waals surface area contributed by atoms with Gasteiger partial charge in [0.1, 0.15) is 16.4 Å². The van der Waals surface area contributed by atoms with Crippen LogP contribution in [0.25, 0.3) is 21.1 Å². The summed E-state index contributed by atoms with van der Waals surface area (Å²) in [4.78, 5) is 40.2. The van der Waals surface area contributed by atoms with Crippen molar-refractivity contribution in [2.24, 2.45) is 0 Å². The molecule has 4 heterocycles. The van der Waals surface area contributed by atoms with Crippen molar-refractivity contribution < 1.29 is 4.42 Å². The third-order valence-electron chi connectivity index (χ3n) is 5.45. The Balaban J connectivity index is 1.59. The van der Waals surface area contributed by atoms with Gasteiger partial charge >= 0.3 is 0 Å². The molecule has 162 valence electrons. The van der Waals surface area contributed by atoms with E-state index in [2.05, 4.69) is 4.98 Å². The Kier molecular flexibility index (Phi) is 5.22. The summed E-state index contributed by atoms with van der Waals surface area (Å²) < 4.78 is 7.08. The van der Waals surface area contributed by atoms with E-state index in [9.17, 15) is 9.59 Å². The fourth-order valence-corrected chi connectivity index (χ4v) is 5.62. The molecule has 0 aliphatic carbocycles. The fraction of sp³-hybridized carbons (Fsp3) is 0.217. The number of rotatable bonds is 5. The molecule has 1 aromatic carbocycles. The Hall–Kier alpha value is -3.17. The van der Waals surface area contributed by atoms with Gasteiger partial charge in [-0.25, -0.2) is 9.97 Å². The maximum absolute atomic E-state index is 13.3. The van der Waals surface area contributed by atoms with Gasteiger partial charge < -0.3 is 9.40 Å². The number of fused-ring (bicyclic) bond motifs is 2. The van der Waals surface area contributed by atoms with Crippen LogP contribution in [0.4, 0.5) is 0 Å². The number of benzene rings is 1. The molecule has 5 rings (SSSR count). The molecule has 1 N–H and O–H groups in total. The number of nitrogens with one attached hydrogen (secondary N) is 1. The average Bonchev–Trinajstić information content (AvgIpc) is 3.38. The van der Waals surface area contributed by atoms with Crippen LogP contribution in [-0.4, -0.2) is 19.5 Å². The van der Waals surface area contributed by atoms with Crippen molar-refractivity contribution in [3.8, 4) is 0 Å². The third kappa shape index (κ3) is 3.57. The van der Waals surface area contributed by atoms with Crippen molar-refractivity contribution in [2.75, 3.05) is 0 Å². The van der Waals surface area contributed by atoms with Gasteiger partial charge in [0.05, 0.1) is 34.3 Å². The summed E-state index contributed by atoms with van der Waals surface area (Å²) in [5.74, 6) is 1.22. The zero-order chi connectivity index (χ0) is 22.4. The Labute approximate surface area is 191 Å². The molecular formula is C23H20N4O3S2. The number of aromatic amines is 1. The van der Waals surface area contributed by atoms with Gasteiger partial charge in [-0.3, -0.25) is 14.2 Å². The van der Waals surface area contributed by atoms with Crippen LogP contribution in [0.3, 0.4) is 0 Å². The Morgan fingerprint density at radius 3 is 2.75 bits per heavy atom. The molecule has 0 spiro atoms. The summed E-state index contributed by atoms with van der Waals surface area (Å²) in [6.07, 6.45) is 1.58. The zero-order valence-corrected chi connectivity index (χ0v) is 19.3. The van der Waals surface area contributed by atoms with Gasteiger partial charge in [-0.1, -0.05) is 23.9 Å². The second-order valence-corrected chi connectivity index (χ2v) is 10.1. The highest BCUT2D eigenvalue weighted by atomic mass is 32.2. The zero-order valence-electron chi connectivity index (χ0n) is 17.7. The fourth-order valence-electron chi connectivity index (χ4n) is 3.61. The van der Waals surface area contributed by atoms with Crippen molar-refractivity contribution in [2.45, 2.75) is 37.7 Å². The van der Waals surface area contributed by atoms with Crippen LogP contribution in [0.1, 0.15) is 34.2 Å². The normalized spacial score (nSPS) is 12.6. The van der Waals surface area contributed by atoms with Crippen LogP contribution in [0.15, 0.2) is 61.8 Å². The number of furan rings is 1. The van der Waals surface area contributed by atoms with Crippen LogP contribution >= 0.6 is 23.1 Å². The number of hydrogen-bond donors (Lipinski definition) is 1. The predicted molar refractivity (Wildman–Crippen MR) is 128 cm³/mol. The highest BCUT2D eigenvalue weighted by Crippen LogP contribution is 2.34. The first-order chi connectivity index (χ1) is 15.4. The van der Waals surface area contributed by atoms with Crippen molar-refractivity contribution in [1.82, 2.24) is 19.5 Å². The lowest BCUT2D eigenvalue weighted by molar-refractivity contribution is 0.476. The molecule has 0 fully saturated rings. The number of thioether (sulfide) groups is 1. The van der Waals surface area contributed by atoms with E-state index in [0.717, 1.165) is 15.3 Å². The molecule has 4 aromatic heterocycles. The predicted octanol–water partition coefficient (Wildman–Crippen LogP) is 4.81. The van der Waals surface area contributed by atoms with Gasteiger partial charge in [-0.05, 0) is 50.6 Å². The molecule has 0 saturated carbocycles. The number of thiophene rings is 1. The number of aromatic nitrogens is 4. The van der Waals surface area contributed by atoms with E-state index < -0.39 is 0 Å². The van der Waals surface area contributed by atoms with E-state index in [1.807, 2.05) is 45.0 Å². The summed E-state index contributed by atoms with van der Waals surface area (Å²) >= 11 is 2.90. The molecule has 0 aliphatic rings. The lowest BCUT2D eigenvalue weighted by atomic mass is 10.2. The number of H-pyrrole nitrogens is 1. The molecule has 1 atom stereocenters. The van der Waals surface area contributed by atoms with Crippen molar-refractivity contribution in [3.05, 3.63) is 85.4 Å². The highest BCUT2D eigenvalue weighted by Gasteiger charge is 2.20. The first kappa shape index (κ1) is 20.7. The molecule has 0 saturated heterocycles. The van der Waals surface area contributed by atoms with E-state index >= 15 is 0 Å². The first-order valence-electron chi connectivity index (χ1n) is 10.1. The maximum atomic E-state index is 13.3. The van der Waals surface area contributed by atoms with Gasteiger partial charge in [0.15, 0.2) is 5.16 Å². The van der Waals surface area contributed by atoms with Gasteiger partial charge in [0.2, 0.25) is 0 Å². The quantitative estimate of drug-likeness (QED) is 0.296. The average molecular weight is 465 g/mol. The molecular weight excluding hydrogens is 444 g/mol. The van der Waals surface area contributed by atoms with E-state index in [4.69, 9.17) is 14.4 Å². The minimum absolute atomic E-state index is 0.136. The molecule has 9 heteroatoms. The first-order valence-corrected chi connectivity index (χ1v) is 11.8. The van der Waals surface area contributed by atoms with E-state index in [0.29, 0.717) is 33.0 Å². The molecule has 0 amide bonds. The second kappa shape index (κ2) is 8.07. The summed E-state index contributed by atoms with van der Waals surface area (Å²) in [6.45, 7) is 6.15. The molecule has 0 bridgehead atoms. The third-order valence-corrected chi connectivity index (χ3v) is 7.65. The van der Waals surface area contributed by atoms with Crippen molar-refractivity contribution in [3.63, 3.8) is 0 Å². The molecule has 5 aromatic rings. The summed E-state index contributed by atoms with van der Waals surface area (Å²) in [5, 5.41) is 1.50. The minimum Gasteiger partial charge on any atom is -0.467 e. The largest absolute Gasteiger partial charge is 0.467 e. The van der Waals surface area contributed by atoms with Crippen molar-refractivity contribution >= 4 is 44.2 Å². The number of para-hydroxylation sites is 1. The second-order valence-electron chi connectivity index (χ2n) is 7.56. The molecule has 1 unspecified atom stereocenters. The molecule has 0 radical (unpaired) electrons. The molecule has 0 aliphatic heterocycles. The standard InChI is InChI=1S/C23H20N4O3S2/c1-12-13(2)31-21-18(12)20(28)25-19(26-21)14(3)32-23-24-17-9-5-4-8-16(17)22(29)27(23)11-15-7-6-10-30-15/h4-10,14H,11H2,1-3H3,(H,25,26,28). The van der Waals surface area contributed by atoms with E-state index in [1.54, 1.807) is 23.0 Å². The maximum Gasteiger partial charge on any atom is 0.262 e. The van der Waals surface area contributed by atoms with Crippen LogP contribution in [-0.2, 0) is 6.54 Å². The van der Waals surface area contributed by atoms with Gasteiger partial charge in [0.25, 0.3) is 11.1 Å². The van der Waals surface area contributed by atoms with Crippen molar-refractivity contribution in [1.29, 1.82) is 0 Å². The van der Waals surface area contributed by atoms with Gasteiger partial charge in [-0.15, -0.1) is 11.3 Å². The van der Waals surface area contributed by atoms with Crippen LogP contribution in [0, 0.1) is 13.8 Å². The number of hydrogen-bond acceptors (Lipinski definition) is 7. The Morgan fingerprint density at radius 1 is 1.16 bits per heavy atom. The van der Waals surface area contributed by atoms with Gasteiger partial charge in [0, 0.05) is 4.88 Å². The summed E-state index contributed by atoms with van der Waals surface area (Å²) in [6, 6.07) is 10.9. The van der Waals surface area contributed by atoms with Crippen LogP contribution in [0.2, 0.25) is 0 Å². The topological polar surface area (TPSA) is 93.8 Å². The smallest absolute Gasteiger partial charge is 0.262 e. The van der Waals surface area contributed by atoms with Crippen LogP contribution < -0.4 is 11.1 Å². The molecule has 7 nitrogen and oxygen atoms in total. The summed E-state index contributed by atoms with van der Waals surface area (Å²) in [7, 11) is 0. The summed E-state index contributed by atoms with van der Waals surface area (Å²) in [5.41, 5.74) is 1.32. The Morgan fingerprint density at radius 2 is 1.97 bits per heavy atom. The van der Waals surface area contributed by atoms with E-state index in [-0.39, 0.29) is 22.9 Å². The minimum atomic E-state index is -0.231. The molecule has 32 heavy (non-hydrogen) atoms. The van der Waals surface area contributed by atoms with Gasteiger partial charge in [-0.2, -0.15) is 0 Å². The highest BCUT2D eigenvalue weighted by molar-refractivity contribution is 7.99. The van der Waals surface area contributed by atoms with Crippen LogP contribution in [0.5, 0.6) is 0 Å². The SMILES string of the molecule is Cc1sc2nc(C(C)Sc3nc4ccccc4c(=O)n3Cc3ccco3)[nH]c(=O)c2c1C. The lowest BCUT2D eigenvalue weighted by Gasteiger charge is -2.15. The van der Waals surface area contributed by atoms with E-state index in [1.165, 1.54) is 23.1 Å².